The zero-order valence-electron chi connectivity index (χ0n) is 19.3. The number of hydrogen-bond acceptors (Lipinski definition) is 4. The Balaban J connectivity index is 1.46. The molecule has 0 aromatic heterocycles. The van der Waals surface area contributed by atoms with Crippen molar-refractivity contribution in [1.29, 1.82) is 0 Å². The minimum atomic E-state index is -1.31. The van der Waals surface area contributed by atoms with Crippen molar-refractivity contribution in [2.24, 2.45) is 0 Å². The molecule has 0 bridgehead atoms. The van der Waals surface area contributed by atoms with Crippen molar-refractivity contribution in [1.82, 2.24) is 4.67 Å². The Kier molecular flexibility index (Phi) is 5.58. The van der Waals surface area contributed by atoms with E-state index in [1.54, 1.807) is 7.11 Å². The average molecular weight is 468 g/mol. The Morgan fingerprint density at radius 2 is 1.74 bits per heavy atom. The molecule has 2 aliphatic rings. The molecule has 0 saturated heterocycles. The van der Waals surface area contributed by atoms with Crippen LogP contribution in [0.2, 0.25) is 0 Å². The van der Waals surface area contributed by atoms with Crippen molar-refractivity contribution in [3.63, 3.8) is 0 Å². The third-order valence-electron chi connectivity index (χ3n) is 6.53. The molecular formula is C29H26NO3P. The van der Waals surface area contributed by atoms with Gasteiger partial charge in [0.15, 0.2) is 0 Å². The number of rotatable bonds is 4. The van der Waals surface area contributed by atoms with Gasteiger partial charge < -0.3 is 13.8 Å². The predicted octanol–water partition coefficient (Wildman–Crippen LogP) is 5.37. The highest BCUT2D eigenvalue weighted by Crippen LogP contribution is 2.52. The fourth-order valence-corrected chi connectivity index (χ4v) is 6.21. The average Bonchev–Trinajstić information content (AvgIpc) is 3.06. The lowest BCUT2D eigenvalue weighted by Crippen LogP contribution is -2.35. The highest BCUT2D eigenvalue weighted by molar-refractivity contribution is 7.45. The Morgan fingerprint density at radius 3 is 2.59 bits per heavy atom. The largest absolute Gasteiger partial charge is 0.497 e. The van der Waals surface area contributed by atoms with Gasteiger partial charge >= 0.3 is 8.53 Å². The van der Waals surface area contributed by atoms with Crippen LogP contribution in [-0.4, -0.2) is 24.9 Å². The summed E-state index contributed by atoms with van der Waals surface area (Å²) in [5.74, 6) is 1.75. The molecule has 1 aliphatic carbocycles. The first-order chi connectivity index (χ1) is 16.7. The number of benzene rings is 4. The van der Waals surface area contributed by atoms with Crippen LogP contribution in [0.15, 0.2) is 84.9 Å². The van der Waals surface area contributed by atoms with E-state index in [1.807, 2.05) is 12.1 Å². The molecule has 0 fully saturated rings. The first kappa shape index (κ1) is 21.4. The van der Waals surface area contributed by atoms with Crippen molar-refractivity contribution in [3.05, 3.63) is 106 Å². The minimum Gasteiger partial charge on any atom is -0.497 e. The third kappa shape index (κ3) is 3.78. The zero-order chi connectivity index (χ0) is 23.1. The molecule has 6 rings (SSSR count). The lowest BCUT2D eigenvalue weighted by Gasteiger charge is -2.28. The first-order valence-electron chi connectivity index (χ1n) is 11.5. The summed E-state index contributed by atoms with van der Waals surface area (Å²) in [5, 5.41) is 4.90. The van der Waals surface area contributed by atoms with Gasteiger partial charge in [-0.3, -0.25) is 0 Å². The van der Waals surface area contributed by atoms with Crippen LogP contribution in [0, 0.1) is 0 Å². The van der Waals surface area contributed by atoms with Gasteiger partial charge in [0.05, 0.1) is 13.2 Å². The van der Waals surface area contributed by atoms with Gasteiger partial charge in [0.2, 0.25) is 0 Å². The van der Waals surface area contributed by atoms with Crippen molar-refractivity contribution < 1.29 is 13.8 Å². The fraction of sp³-hybridized carbons (Fsp3) is 0.172. The van der Waals surface area contributed by atoms with Crippen molar-refractivity contribution in [2.75, 3.05) is 14.2 Å². The van der Waals surface area contributed by atoms with Crippen molar-refractivity contribution in [3.8, 4) is 11.5 Å². The van der Waals surface area contributed by atoms with Crippen molar-refractivity contribution in [2.45, 2.75) is 19.1 Å². The highest BCUT2D eigenvalue weighted by Gasteiger charge is 2.35. The van der Waals surface area contributed by atoms with Crippen LogP contribution < -0.4 is 19.7 Å². The molecule has 2 atom stereocenters. The maximum Gasteiger partial charge on any atom is 0.321 e. The number of hydrogen-bond donors (Lipinski definition) is 0. The van der Waals surface area contributed by atoms with E-state index in [9.17, 15) is 0 Å². The molecule has 0 amide bonds. The normalized spacial score (nSPS) is 18.9. The SMILES string of the molecule is COc1ccc(CN(C)P2Oc3ccc4ccccc4c3C3=c4ccccc4=CCC3O2)cc1. The highest BCUT2D eigenvalue weighted by atomic mass is 31.2. The zero-order valence-corrected chi connectivity index (χ0v) is 20.2. The summed E-state index contributed by atoms with van der Waals surface area (Å²) in [6.45, 7) is 0.723. The van der Waals surface area contributed by atoms with Gasteiger partial charge in [0.1, 0.15) is 11.5 Å². The van der Waals surface area contributed by atoms with Gasteiger partial charge in [-0.15, -0.1) is 0 Å². The Morgan fingerprint density at radius 1 is 0.941 bits per heavy atom. The standard InChI is InChI=1S/C29H26NO3P/c1-30(19-20-11-15-23(31-2)16-12-20)34-32-26-17-13-21-7-3-5-9-24(21)28(26)29-25-10-6-4-8-22(25)14-18-27(29)33-34/h3-17,27H,18-19H2,1-2H3. The molecular weight excluding hydrogens is 441 g/mol. The number of fused-ring (bicyclic) bond motifs is 6. The van der Waals surface area contributed by atoms with E-state index >= 15 is 0 Å². The van der Waals surface area contributed by atoms with E-state index in [4.69, 9.17) is 13.8 Å². The maximum atomic E-state index is 6.76. The Labute approximate surface area is 200 Å². The third-order valence-corrected chi connectivity index (χ3v) is 8.01. The van der Waals surface area contributed by atoms with Gasteiger partial charge in [-0.25, -0.2) is 4.67 Å². The summed E-state index contributed by atoms with van der Waals surface area (Å²) >= 11 is 0. The molecule has 5 heteroatoms. The van der Waals surface area contributed by atoms with Gasteiger partial charge in [0, 0.05) is 17.7 Å². The second-order valence-corrected chi connectivity index (χ2v) is 10.2. The lowest BCUT2D eigenvalue weighted by molar-refractivity contribution is 0.236. The van der Waals surface area contributed by atoms with Crippen LogP contribution in [-0.2, 0) is 11.1 Å². The van der Waals surface area contributed by atoms with E-state index in [-0.39, 0.29) is 6.10 Å². The summed E-state index contributed by atoms with van der Waals surface area (Å²) < 4.78 is 20.9. The number of ether oxygens (including phenoxy) is 1. The van der Waals surface area contributed by atoms with Gasteiger partial charge in [-0.2, -0.15) is 0 Å². The molecule has 0 saturated carbocycles. The van der Waals surface area contributed by atoms with Crippen LogP contribution in [0.25, 0.3) is 22.4 Å². The maximum absolute atomic E-state index is 6.76. The number of nitrogens with zero attached hydrogens (tertiary/aromatic N) is 1. The second kappa shape index (κ2) is 8.88. The van der Waals surface area contributed by atoms with Crippen LogP contribution >= 0.6 is 8.53 Å². The quantitative estimate of drug-likeness (QED) is 0.378. The summed E-state index contributed by atoms with van der Waals surface area (Å²) in [5.41, 5.74) is 3.57. The molecule has 0 radical (unpaired) electrons. The van der Waals surface area contributed by atoms with Gasteiger partial charge in [-0.1, -0.05) is 72.8 Å². The predicted molar refractivity (Wildman–Crippen MR) is 138 cm³/mol. The molecule has 4 aromatic rings. The monoisotopic (exact) mass is 467 g/mol. The molecule has 0 N–H and O–H groups in total. The van der Waals surface area contributed by atoms with E-state index in [0.29, 0.717) is 0 Å². The molecule has 1 aliphatic heterocycles. The van der Waals surface area contributed by atoms with E-state index in [2.05, 4.69) is 90.6 Å². The van der Waals surface area contributed by atoms with E-state index in [1.165, 1.54) is 32.3 Å². The van der Waals surface area contributed by atoms with E-state index in [0.717, 1.165) is 30.0 Å². The first-order valence-corrected chi connectivity index (χ1v) is 12.6. The summed E-state index contributed by atoms with van der Waals surface area (Å²) in [4.78, 5) is 0. The molecule has 1 heterocycles. The molecule has 2 unspecified atom stereocenters. The lowest BCUT2D eigenvalue weighted by atomic mass is 9.88. The molecule has 4 aromatic carbocycles. The summed E-state index contributed by atoms with van der Waals surface area (Å²) in [7, 11) is 2.45. The van der Waals surface area contributed by atoms with Crippen LogP contribution in [0.5, 0.6) is 11.5 Å². The summed E-state index contributed by atoms with van der Waals surface area (Å²) in [6.07, 6.45) is 3.05. The van der Waals surface area contributed by atoms with Crippen LogP contribution in [0.4, 0.5) is 0 Å². The fourth-order valence-electron chi connectivity index (χ4n) is 4.86. The summed E-state index contributed by atoms with van der Waals surface area (Å²) in [6, 6.07) is 29.6. The molecule has 4 nitrogen and oxygen atoms in total. The second-order valence-electron chi connectivity index (χ2n) is 8.69. The smallest absolute Gasteiger partial charge is 0.321 e. The molecule has 0 spiro atoms. The van der Waals surface area contributed by atoms with Gasteiger partial charge in [-0.05, 0) is 58.4 Å². The minimum absolute atomic E-state index is 0.0635. The topological polar surface area (TPSA) is 30.9 Å². The molecule has 34 heavy (non-hydrogen) atoms. The van der Waals surface area contributed by atoms with Crippen molar-refractivity contribution >= 4 is 30.9 Å². The Hall–Kier alpha value is -3.17. The van der Waals surface area contributed by atoms with Crippen LogP contribution in [0.3, 0.4) is 0 Å². The van der Waals surface area contributed by atoms with Gasteiger partial charge in [0.25, 0.3) is 0 Å². The Bertz CT molecular complexity index is 1480. The number of methoxy groups -OCH3 is 1. The van der Waals surface area contributed by atoms with E-state index < -0.39 is 8.53 Å². The molecule has 170 valence electrons. The van der Waals surface area contributed by atoms with Crippen LogP contribution in [0.1, 0.15) is 17.5 Å².